The van der Waals surface area contributed by atoms with Crippen LogP contribution in [0.25, 0.3) is 0 Å². The van der Waals surface area contributed by atoms with Crippen LogP contribution in [0.5, 0.6) is 0 Å². The van der Waals surface area contributed by atoms with Crippen molar-refractivity contribution in [2.45, 2.75) is 38.1 Å². The molecule has 0 radical (unpaired) electrons. The minimum absolute atomic E-state index is 0.0445. The molecule has 0 bridgehead atoms. The summed E-state index contributed by atoms with van der Waals surface area (Å²) in [5.41, 5.74) is 1.06. The highest BCUT2D eigenvalue weighted by Gasteiger charge is 2.27. The van der Waals surface area contributed by atoms with Crippen LogP contribution >= 0.6 is 11.3 Å². The van der Waals surface area contributed by atoms with Crippen LogP contribution in [-0.4, -0.2) is 35.8 Å². The van der Waals surface area contributed by atoms with E-state index in [-0.39, 0.29) is 11.8 Å². The number of amides is 2. The van der Waals surface area contributed by atoms with Gasteiger partial charge in [-0.15, -0.1) is 11.3 Å². The zero-order chi connectivity index (χ0) is 17.5. The number of carbonyl (C=O) groups excluding carboxylic acids is 2. The normalized spacial score (nSPS) is 15.6. The molecule has 1 aromatic heterocycles. The summed E-state index contributed by atoms with van der Waals surface area (Å²) in [5, 5.41) is 4.94. The Labute approximate surface area is 152 Å². The number of nitrogens with zero attached hydrogens (tertiary/aromatic N) is 1. The van der Waals surface area contributed by atoms with Gasteiger partial charge in [0.2, 0.25) is 11.8 Å². The average molecular weight is 356 g/mol. The van der Waals surface area contributed by atoms with Gasteiger partial charge in [-0.05, 0) is 36.3 Å². The molecule has 0 saturated carbocycles. The predicted octanol–water partition coefficient (Wildman–Crippen LogP) is 3.03. The molecule has 1 aliphatic heterocycles. The number of piperidine rings is 1. The van der Waals surface area contributed by atoms with E-state index in [1.54, 1.807) is 11.3 Å². The number of carbonyl (C=O) groups is 2. The second-order valence-electron chi connectivity index (χ2n) is 6.45. The van der Waals surface area contributed by atoms with Gasteiger partial charge in [0, 0.05) is 24.4 Å². The highest BCUT2D eigenvalue weighted by atomic mass is 32.1. The van der Waals surface area contributed by atoms with E-state index < -0.39 is 6.04 Å². The average Bonchev–Trinajstić information content (AvgIpc) is 3.15. The summed E-state index contributed by atoms with van der Waals surface area (Å²) >= 11 is 1.56. The Morgan fingerprint density at radius 3 is 2.48 bits per heavy atom. The Morgan fingerprint density at radius 1 is 1.04 bits per heavy atom. The SMILES string of the molecule is O=C(Cc1cccs1)N[C@@H](Cc1ccccc1)C(=O)N1CCCCC1. The van der Waals surface area contributed by atoms with Crippen molar-refractivity contribution < 1.29 is 9.59 Å². The van der Waals surface area contributed by atoms with E-state index in [2.05, 4.69) is 5.32 Å². The minimum Gasteiger partial charge on any atom is -0.344 e. The second kappa shape index (κ2) is 8.81. The lowest BCUT2D eigenvalue weighted by Crippen LogP contribution is -2.51. The summed E-state index contributed by atoms with van der Waals surface area (Å²) in [7, 11) is 0. The monoisotopic (exact) mass is 356 g/mol. The van der Waals surface area contributed by atoms with Crippen molar-refractivity contribution in [3.8, 4) is 0 Å². The van der Waals surface area contributed by atoms with Gasteiger partial charge < -0.3 is 10.2 Å². The molecular formula is C20H24N2O2S. The molecule has 0 aliphatic carbocycles. The van der Waals surface area contributed by atoms with Crippen LogP contribution < -0.4 is 5.32 Å². The van der Waals surface area contributed by atoms with E-state index in [0.29, 0.717) is 12.8 Å². The summed E-state index contributed by atoms with van der Waals surface area (Å²) in [5.74, 6) is -0.0446. The Morgan fingerprint density at radius 2 is 1.80 bits per heavy atom. The number of hydrogen-bond acceptors (Lipinski definition) is 3. The number of benzene rings is 1. The summed E-state index contributed by atoms with van der Waals surface area (Å²) < 4.78 is 0. The van der Waals surface area contributed by atoms with Crippen molar-refractivity contribution in [2.75, 3.05) is 13.1 Å². The van der Waals surface area contributed by atoms with Gasteiger partial charge in [0.1, 0.15) is 6.04 Å². The van der Waals surface area contributed by atoms with Crippen LogP contribution in [0.3, 0.4) is 0 Å². The van der Waals surface area contributed by atoms with Crippen LogP contribution in [0.15, 0.2) is 47.8 Å². The quantitative estimate of drug-likeness (QED) is 0.865. The van der Waals surface area contributed by atoms with Crippen molar-refractivity contribution in [3.63, 3.8) is 0 Å². The van der Waals surface area contributed by atoms with E-state index in [0.717, 1.165) is 36.4 Å². The molecule has 0 spiro atoms. The smallest absolute Gasteiger partial charge is 0.245 e. The lowest BCUT2D eigenvalue weighted by molar-refractivity contribution is -0.137. The van der Waals surface area contributed by atoms with E-state index in [4.69, 9.17) is 0 Å². The van der Waals surface area contributed by atoms with Crippen LogP contribution in [-0.2, 0) is 22.4 Å². The lowest BCUT2D eigenvalue weighted by Gasteiger charge is -2.31. The van der Waals surface area contributed by atoms with E-state index in [1.807, 2.05) is 52.7 Å². The fourth-order valence-corrected chi connectivity index (χ4v) is 3.90. The third-order valence-electron chi connectivity index (χ3n) is 4.50. The van der Waals surface area contributed by atoms with Crippen molar-refractivity contribution >= 4 is 23.2 Å². The minimum atomic E-state index is -0.493. The predicted molar refractivity (Wildman–Crippen MR) is 101 cm³/mol. The molecule has 0 unspecified atom stereocenters. The van der Waals surface area contributed by atoms with Crippen molar-refractivity contribution in [3.05, 3.63) is 58.3 Å². The molecule has 2 heterocycles. The van der Waals surface area contributed by atoms with Gasteiger partial charge in [-0.1, -0.05) is 36.4 Å². The zero-order valence-electron chi connectivity index (χ0n) is 14.3. The number of rotatable bonds is 6. The first-order chi connectivity index (χ1) is 12.2. The van der Waals surface area contributed by atoms with Crippen molar-refractivity contribution in [2.24, 2.45) is 0 Å². The maximum Gasteiger partial charge on any atom is 0.245 e. The Bertz CT molecular complexity index is 679. The summed E-state index contributed by atoms with van der Waals surface area (Å²) in [6, 6.07) is 13.3. The third kappa shape index (κ3) is 5.16. The van der Waals surface area contributed by atoms with Crippen LogP contribution in [0, 0.1) is 0 Å². The van der Waals surface area contributed by atoms with Crippen LogP contribution in [0.1, 0.15) is 29.7 Å². The second-order valence-corrected chi connectivity index (χ2v) is 7.48. The Kier molecular flexibility index (Phi) is 6.23. The van der Waals surface area contributed by atoms with Gasteiger partial charge >= 0.3 is 0 Å². The molecule has 1 aliphatic rings. The largest absolute Gasteiger partial charge is 0.344 e. The van der Waals surface area contributed by atoms with E-state index in [9.17, 15) is 9.59 Å². The molecule has 1 N–H and O–H groups in total. The molecular weight excluding hydrogens is 332 g/mol. The number of hydrogen-bond donors (Lipinski definition) is 1. The molecule has 2 amide bonds. The van der Waals surface area contributed by atoms with Gasteiger partial charge in [-0.3, -0.25) is 9.59 Å². The zero-order valence-corrected chi connectivity index (χ0v) is 15.1. The number of thiophene rings is 1. The molecule has 1 aromatic carbocycles. The molecule has 25 heavy (non-hydrogen) atoms. The van der Waals surface area contributed by atoms with Crippen molar-refractivity contribution in [1.82, 2.24) is 10.2 Å². The summed E-state index contributed by atoms with van der Waals surface area (Å²) in [6.45, 7) is 1.59. The molecule has 2 aromatic rings. The highest BCUT2D eigenvalue weighted by molar-refractivity contribution is 7.10. The van der Waals surface area contributed by atoms with Gasteiger partial charge in [-0.2, -0.15) is 0 Å². The summed E-state index contributed by atoms with van der Waals surface area (Å²) in [4.78, 5) is 28.3. The van der Waals surface area contributed by atoms with Gasteiger partial charge in [0.25, 0.3) is 0 Å². The highest BCUT2D eigenvalue weighted by Crippen LogP contribution is 2.14. The van der Waals surface area contributed by atoms with Gasteiger partial charge in [-0.25, -0.2) is 0 Å². The van der Waals surface area contributed by atoms with Gasteiger partial charge in [0.05, 0.1) is 6.42 Å². The number of nitrogens with one attached hydrogen (secondary N) is 1. The molecule has 1 saturated heterocycles. The molecule has 4 nitrogen and oxygen atoms in total. The van der Waals surface area contributed by atoms with Gasteiger partial charge in [0.15, 0.2) is 0 Å². The Balaban J connectivity index is 1.68. The van der Waals surface area contributed by atoms with E-state index >= 15 is 0 Å². The van der Waals surface area contributed by atoms with Crippen molar-refractivity contribution in [1.29, 1.82) is 0 Å². The first kappa shape index (κ1) is 17.7. The molecule has 1 atom stereocenters. The standard InChI is InChI=1S/C20H24N2O2S/c23-19(15-17-10-7-13-25-17)21-18(14-16-8-3-1-4-9-16)20(24)22-11-5-2-6-12-22/h1,3-4,7-10,13,18H,2,5-6,11-12,14-15H2,(H,21,23)/t18-/m0/s1. The maximum absolute atomic E-state index is 13.0. The number of likely N-dealkylation sites (tertiary alicyclic amines) is 1. The van der Waals surface area contributed by atoms with Crippen LogP contribution in [0.2, 0.25) is 0 Å². The first-order valence-electron chi connectivity index (χ1n) is 8.87. The maximum atomic E-state index is 13.0. The lowest BCUT2D eigenvalue weighted by atomic mass is 10.0. The third-order valence-corrected chi connectivity index (χ3v) is 5.37. The Hall–Kier alpha value is -2.14. The van der Waals surface area contributed by atoms with E-state index in [1.165, 1.54) is 6.42 Å². The summed E-state index contributed by atoms with van der Waals surface area (Å²) in [6.07, 6.45) is 4.14. The molecule has 132 valence electrons. The molecule has 3 rings (SSSR count). The topological polar surface area (TPSA) is 49.4 Å². The fraction of sp³-hybridized carbons (Fsp3) is 0.400. The van der Waals surface area contributed by atoms with Crippen LogP contribution in [0.4, 0.5) is 0 Å². The first-order valence-corrected chi connectivity index (χ1v) is 9.75. The molecule has 1 fully saturated rings. The molecule has 5 heteroatoms. The fourth-order valence-electron chi connectivity index (χ4n) is 3.20.